The number of nitrogens with zero attached hydrogens (tertiary/aromatic N) is 1. The van der Waals surface area contributed by atoms with Gasteiger partial charge in [-0.05, 0) is 37.5 Å². The number of benzene rings is 2. The van der Waals surface area contributed by atoms with E-state index in [4.69, 9.17) is 23.2 Å². The predicted molar refractivity (Wildman–Crippen MR) is 136 cm³/mol. The lowest BCUT2D eigenvalue weighted by atomic mass is 10.1. The summed E-state index contributed by atoms with van der Waals surface area (Å²) in [5.41, 5.74) is 1.89. The van der Waals surface area contributed by atoms with Crippen LogP contribution in [-0.4, -0.2) is 34.6 Å². The zero-order chi connectivity index (χ0) is 23.5. The van der Waals surface area contributed by atoms with E-state index < -0.39 is 6.04 Å². The molecule has 2 aromatic rings. The average molecular weight is 496 g/mol. The lowest BCUT2D eigenvalue weighted by Crippen LogP contribution is -2.50. The Morgan fingerprint density at radius 3 is 2.25 bits per heavy atom. The van der Waals surface area contributed by atoms with Crippen LogP contribution in [0.25, 0.3) is 0 Å². The first-order valence-electron chi connectivity index (χ1n) is 11.0. The van der Waals surface area contributed by atoms with E-state index in [1.807, 2.05) is 39.0 Å². The van der Waals surface area contributed by atoms with Gasteiger partial charge in [0.1, 0.15) is 6.04 Å². The normalized spacial score (nSPS) is 12.8. The van der Waals surface area contributed by atoms with Gasteiger partial charge in [-0.3, -0.25) is 9.59 Å². The van der Waals surface area contributed by atoms with E-state index in [-0.39, 0.29) is 24.4 Å². The van der Waals surface area contributed by atoms with Crippen LogP contribution < -0.4 is 5.32 Å². The molecular weight excluding hydrogens is 463 g/mol. The lowest BCUT2D eigenvalue weighted by Gasteiger charge is -2.32. The molecule has 7 heteroatoms. The van der Waals surface area contributed by atoms with Gasteiger partial charge in [-0.2, -0.15) is 11.8 Å². The van der Waals surface area contributed by atoms with Crippen LogP contribution in [0.5, 0.6) is 0 Å². The maximum Gasteiger partial charge on any atom is 0.243 e. The molecule has 2 aromatic carbocycles. The van der Waals surface area contributed by atoms with E-state index in [9.17, 15) is 9.59 Å². The van der Waals surface area contributed by atoms with Crippen molar-refractivity contribution in [3.05, 3.63) is 69.7 Å². The second-order valence-electron chi connectivity index (χ2n) is 7.75. The van der Waals surface area contributed by atoms with Crippen LogP contribution in [-0.2, 0) is 21.9 Å². The summed E-state index contributed by atoms with van der Waals surface area (Å²) in [6.45, 7) is 6.09. The summed E-state index contributed by atoms with van der Waals surface area (Å²) < 4.78 is 0. The number of amides is 2. The fourth-order valence-corrected chi connectivity index (χ4v) is 4.69. The van der Waals surface area contributed by atoms with E-state index in [0.29, 0.717) is 34.2 Å². The summed E-state index contributed by atoms with van der Waals surface area (Å²) in [6, 6.07) is 14.9. The Bertz CT molecular complexity index is 859. The maximum absolute atomic E-state index is 13.3. The Hall–Kier alpha value is -1.69. The molecule has 174 valence electrons. The van der Waals surface area contributed by atoms with Crippen molar-refractivity contribution in [2.45, 2.75) is 64.4 Å². The Labute approximate surface area is 206 Å². The third-order valence-electron chi connectivity index (χ3n) is 5.35. The number of hydrogen-bond acceptors (Lipinski definition) is 3. The van der Waals surface area contributed by atoms with E-state index >= 15 is 0 Å². The van der Waals surface area contributed by atoms with Crippen LogP contribution in [0.15, 0.2) is 48.5 Å². The second kappa shape index (κ2) is 13.8. The summed E-state index contributed by atoms with van der Waals surface area (Å²) in [4.78, 5) is 27.9. The smallest absolute Gasteiger partial charge is 0.243 e. The third-order valence-corrected chi connectivity index (χ3v) is 7.09. The van der Waals surface area contributed by atoms with Gasteiger partial charge >= 0.3 is 0 Å². The van der Waals surface area contributed by atoms with E-state index in [1.54, 1.807) is 34.9 Å². The summed E-state index contributed by atoms with van der Waals surface area (Å²) in [5.74, 6) is 1.29. The molecule has 4 nitrogen and oxygen atoms in total. The molecule has 1 N–H and O–H groups in total. The molecule has 2 atom stereocenters. The first-order valence-corrected chi connectivity index (χ1v) is 12.9. The number of carbonyl (C=O) groups is 2. The topological polar surface area (TPSA) is 49.4 Å². The number of halogens is 2. The van der Waals surface area contributed by atoms with Crippen LogP contribution in [0, 0.1) is 0 Å². The zero-order valence-electron chi connectivity index (χ0n) is 18.9. The van der Waals surface area contributed by atoms with Crippen LogP contribution in [0.1, 0.15) is 51.2 Å². The van der Waals surface area contributed by atoms with Crippen molar-refractivity contribution >= 4 is 46.8 Å². The van der Waals surface area contributed by atoms with Crippen molar-refractivity contribution < 1.29 is 9.59 Å². The Balaban J connectivity index is 2.14. The van der Waals surface area contributed by atoms with Crippen molar-refractivity contribution in [3.8, 4) is 0 Å². The highest BCUT2D eigenvalue weighted by Crippen LogP contribution is 2.27. The minimum atomic E-state index is -0.581. The molecule has 0 saturated carbocycles. The summed E-state index contributed by atoms with van der Waals surface area (Å²) in [6.07, 6.45) is 1.67. The van der Waals surface area contributed by atoms with E-state index in [1.165, 1.54) is 5.56 Å². The van der Waals surface area contributed by atoms with Gasteiger partial charge in [0.05, 0.1) is 0 Å². The third kappa shape index (κ3) is 8.02. The molecule has 0 bridgehead atoms. The molecular formula is C25H32Cl2N2O2S. The van der Waals surface area contributed by atoms with Crippen molar-refractivity contribution in [2.75, 3.05) is 5.75 Å². The number of thioether (sulfide) groups is 1. The minimum Gasteiger partial charge on any atom is -0.352 e. The van der Waals surface area contributed by atoms with Gasteiger partial charge in [-0.25, -0.2) is 0 Å². The fourth-order valence-electron chi connectivity index (χ4n) is 3.28. The molecule has 32 heavy (non-hydrogen) atoms. The maximum atomic E-state index is 13.3. The van der Waals surface area contributed by atoms with Crippen LogP contribution in [0.2, 0.25) is 10.0 Å². The number of hydrogen-bond donors (Lipinski definition) is 1. The van der Waals surface area contributed by atoms with Crippen molar-refractivity contribution in [1.82, 2.24) is 10.2 Å². The van der Waals surface area contributed by atoms with E-state index in [0.717, 1.165) is 12.2 Å². The summed E-state index contributed by atoms with van der Waals surface area (Å²) in [7, 11) is 0. The van der Waals surface area contributed by atoms with Gasteiger partial charge in [0.2, 0.25) is 11.8 Å². The fraction of sp³-hybridized carbons (Fsp3) is 0.440. The largest absolute Gasteiger partial charge is 0.352 e. The molecule has 2 amide bonds. The molecule has 0 fully saturated rings. The zero-order valence-corrected chi connectivity index (χ0v) is 21.3. The highest BCUT2D eigenvalue weighted by atomic mass is 35.5. The Kier molecular flexibility index (Phi) is 11.4. The molecule has 0 spiro atoms. The van der Waals surface area contributed by atoms with Crippen molar-refractivity contribution in [3.63, 3.8) is 0 Å². The van der Waals surface area contributed by atoms with Crippen LogP contribution in [0.4, 0.5) is 0 Å². The molecule has 2 rings (SSSR count). The number of rotatable bonds is 12. The van der Waals surface area contributed by atoms with E-state index in [2.05, 4.69) is 17.4 Å². The highest BCUT2D eigenvalue weighted by Gasteiger charge is 2.30. The molecule has 0 heterocycles. The standard InChI is InChI=1S/C25H32Cl2N2O2S/c1-4-18(3)28-25(31)23(5-2)29(16-20-21(26)12-9-13-22(20)27)24(30)14-15-32-17-19-10-7-6-8-11-19/h6-13,18,23H,4-5,14-17H2,1-3H3,(H,28,31)/t18-,23-/m1/s1. The van der Waals surface area contributed by atoms with Crippen LogP contribution in [0.3, 0.4) is 0 Å². The van der Waals surface area contributed by atoms with Crippen LogP contribution >= 0.6 is 35.0 Å². The van der Waals surface area contributed by atoms with Crippen molar-refractivity contribution in [2.24, 2.45) is 0 Å². The molecule has 0 aliphatic rings. The van der Waals surface area contributed by atoms with Gasteiger partial charge in [0.15, 0.2) is 0 Å². The molecule has 0 aliphatic heterocycles. The predicted octanol–water partition coefficient (Wildman–Crippen LogP) is 6.34. The van der Waals surface area contributed by atoms with Gasteiger partial charge in [0, 0.05) is 46.1 Å². The molecule has 0 aliphatic carbocycles. The molecule has 0 aromatic heterocycles. The number of nitrogens with one attached hydrogen (secondary N) is 1. The Morgan fingerprint density at radius 1 is 1.00 bits per heavy atom. The summed E-state index contributed by atoms with van der Waals surface area (Å²) >= 11 is 14.5. The first kappa shape index (κ1) is 26.6. The minimum absolute atomic E-state index is 0.0406. The van der Waals surface area contributed by atoms with Crippen molar-refractivity contribution in [1.29, 1.82) is 0 Å². The second-order valence-corrected chi connectivity index (χ2v) is 9.67. The molecule has 0 unspecified atom stereocenters. The summed E-state index contributed by atoms with van der Waals surface area (Å²) in [5, 5.41) is 4.00. The number of carbonyl (C=O) groups excluding carboxylic acids is 2. The van der Waals surface area contributed by atoms with Gasteiger partial charge in [-0.1, -0.05) is 73.4 Å². The SMILES string of the molecule is CC[C@@H](C)NC(=O)[C@@H](CC)N(Cc1c(Cl)cccc1Cl)C(=O)CCSCc1ccccc1. The lowest BCUT2D eigenvalue weighted by molar-refractivity contribution is -0.141. The molecule has 0 radical (unpaired) electrons. The van der Waals surface area contributed by atoms with Gasteiger partial charge in [0.25, 0.3) is 0 Å². The molecule has 0 saturated heterocycles. The quantitative estimate of drug-likeness (QED) is 0.350. The average Bonchev–Trinajstić information content (AvgIpc) is 2.78. The van der Waals surface area contributed by atoms with Gasteiger partial charge in [-0.15, -0.1) is 0 Å². The Morgan fingerprint density at radius 2 is 1.66 bits per heavy atom. The highest BCUT2D eigenvalue weighted by molar-refractivity contribution is 7.98. The van der Waals surface area contributed by atoms with Gasteiger partial charge < -0.3 is 10.2 Å². The first-order chi connectivity index (χ1) is 15.4. The monoisotopic (exact) mass is 494 g/mol.